The Bertz CT molecular complexity index is 939. The summed E-state index contributed by atoms with van der Waals surface area (Å²) in [6, 6.07) is 6.47. The zero-order valence-corrected chi connectivity index (χ0v) is 18.5. The molecule has 4 N–H and O–H groups in total. The van der Waals surface area contributed by atoms with E-state index in [1.54, 1.807) is 37.3 Å². The zero-order valence-electron chi connectivity index (χ0n) is 15.6. The molecule has 8 nitrogen and oxygen atoms in total. The van der Waals surface area contributed by atoms with Gasteiger partial charge in [-0.1, -0.05) is 18.6 Å². The number of nitrogens with one attached hydrogen (secondary N) is 2. The highest BCUT2D eigenvalue weighted by atomic mass is 127. The van der Waals surface area contributed by atoms with Crippen molar-refractivity contribution in [2.24, 2.45) is 15.1 Å². The summed E-state index contributed by atoms with van der Waals surface area (Å²) < 4.78 is 21.7. The molecule has 0 radical (unpaired) electrons. The topological polar surface area (TPSA) is 118 Å². The van der Waals surface area contributed by atoms with Crippen LogP contribution in [0.15, 0.2) is 60.6 Å². The number of hydrogen-bond acceptors (Lipinski definition) is 5. The highest BCUT2D eigenvalue weighted by molar-refractivity contribution is 14.1. The number of halogens is 1. The number of nitrogens with two attached hydrogens (primary N) is 1. The fourth-order valence-electron chi connectivity index (χ4n) is 1.84. The van der Waals surface area contributed by atoms with Crippen molar-refractivity contribution in [3.8, 4) is 12.3 Å². The van der Waals surface area contributed by atoms with E-state index < -0.39 is 15.8 Å². The molecule has 0 bridgehead atoms. The molecule has 0 saturated heterocycles. The summed E-state index contributed by atoms with van der Waals surface area (Å²) in [5.74, 6) is 3.07. The van der Waals surface area contributed by atoms with Gasteiger partial charge in [-0.25, -0.2) is 9.00 Å². The van der Waals surface area contributed by atoms with Crippen LogP contribution in [0.25, 0.3) is 0 Å². The van der Waals surface area contributed by atoms with Gasteiger partial charge < -0.3 is 21.1 Å². The highest BCUT2D eigenvalue weighted by Gasteiger charge is 2.10. The molecule has 0 fully saturated rings. The van der Waals surface area contributed by atoms with Gasteiger partial charge in [-0.3, -0.25) is 0 Å². The molecule has 0 spiro atoms. The summed E-state index contributed by atoms with van der Waals surface area (Å²) in [5, 5.41) is 5.87. The molecule has 1 rings (SSSR count). The number of allylic oxidation sites excluding steroid dienone is 2. The maximum absolute atomic E-state index is 12.6. The lowest BCUT2D eigenvalue weighted by atomic mass is 10.3. The van der Waals surface area contributed by atoms with Gasteiger partial charge in [-0.15, -0.1) is 10.8 Å². The van der Waals surface area contributed by atoms with Crippen LogP contribution in [0.4, 0.5) is 10.5 Å². The van der Waals surface area contributed by atoms with Crippen LogP contribution in [0.5, 0.6) is 0 Å². The maximum Gasteiger partial charge on any atom is 0.442 e. The third-order valence-corrected chi connectivity index (χ3v) is 5.67. The van der Waals surface area contributed by atoms with Crippen LogP contribution in [0.2, 0.25) is 0 Å². The van der Waals surface area contributed by atoms with Crippen molar-refractivity contribution in [1.82, 2.24) is 5.32 Å². The lowest BCUT2D eigenvalue weighted by Gasteiger charge is -2.10. The number of hydrogen-bond donors (Lipinski definition) is 3. The second kappa shape index (κ2) is 11.4. The summed E-state index contributed by atoms with van der Waals surface area (Å²) >= 11 is 2.06. The van der Waals surface area contributed by atoms with E-state index >= 15 is 0 Å². The molecule has 1 atom stereocenters. The Morgan fingerprint density at radius 2 is 2.11 bits per heavy atom. The van der Waals surface area contributed by atoms with Crippen molar-refractivity contribution < 1.29 is 13.7 Å². The Morgan fingerprint density at radius 1 is 1.46 bits per heavy atom. The van der Waals surface area contributed by atoms with Gasteiger partial charge in [0.25, 0.3) is 0 Å². The molecule has 1 aromatic carbocycles. The summed E-state index contributed by atoms with van der Waals surface area (Å²) in [6.45, 7) is 5.79. The summed E-state index contributed by atoms with van der Waals surface area (Å²) in [5.41, 5.74) is 6.55. The van der Waals surface area contributed by atoms with E-state index in [1.165, 1.54) is 6.26 Å². The minimum atomic E-state index is -2.91. The Hall–Kier alpha value is -2.52. The molecule has 1 amide bonds. The molecule has 1 aromatic rings. The number of guanidine groups is 1. The lowest BCUT2D eigenvalue weighted by molar-refractivity contribution is 0.164. The average molecular weight is 515 g/mol. The number of amides is 1. The first-order valence-corrected chi connectivity index (χ1v) is 11.0. The normalized spacial score (nSPS) is 14.0. The average Bonchev–Trinajstić information content (AvgIpc) is 2.64. The van der Waals surface area contributed by atoms with Gasteiger partial charge in [0.1, 0.15) is 5.82 Å². The Kier molecular flexibility index (Phi) is 9.54. The van der Waals surface area contributed by atoms with Gasteiger partial charge in [-0.05, 0) is 53.8 Å². The van der Waals surface area contributed by atoms with E-state index in [-0.39, 0.29) is 19.1 Å². The van der Waals surface area contributed by atoms with Crippen LogP contribution in [0.1, 0.15) is 6.92 Å². The Labute approximate surface area is 179 Å². The molecule has 0 aromatic heterocycles. The molecule has 28 heavy (non-hydrogen) atoms. The number of carbonyl (C=O) groups excluding carboxylic acids is 1. The van der Waals surface area contributed by atoms with Gasteiger partial charge in [0.15, 0.2) is 5.96 Å². The maximum atomic E-state index is 12.6. The van der Waals surface area contributed by atoms with E-state index in [0.717, 1.165) is 3.58 Å². The molecule has 150 valence electrons. The third kappa shape index (κ3) is 7.61. The number of anilines is 1. The molecule has 0 heterocycles. The second-order valence-electron chi connectivity index (χ2n) is 5.20. The van der Waals surface area contributed by atoms with Gasteiger partial charge >= 0.3 is 6.09 Å². The zero-order chi connectivity index (χ0) is 21.2. The van der Waals surface area contributed by atoms with Gasteiger partial charge in [0, 0.05) is 16.8 Å². The predicted molar refractivity (Wildman–Crippen MR) is 122 cm³/mol. The molecular weight excluding hydrogens is 493 g/mol. The van der Waals surface area contributed by atoms with Crippen molar-refractivity contribution in [3.05, 3.63) is 46.3 Å². The molecular formula is C18H22IN5O3S. The van der Waals surface area contributed by atoms with Gasteiger partial charge in [-0.2, -0.15) is 4.99 Å². The fraction of sp³-hybridized carbons (Fsp3) is 0.222. The number of carbonyl (C=O) groups is 1. The molecule has 10 heteroatoms. The predicted octanol–water partition coefficient (Wildman–Crippen LogP) is 3.04. The fourth-order valence-corrected chi connectivity index (χ4v) is 3.24. The summed E-state index contributed by atoms with van der Waals surface area (Å²) in [6.07, 6.45) is 7.38. The van der Waals surface area contributed by atoms with Crippen molar-refractivity contribution in [2.75, 3.05) is 24.7 Å². The van der Waals surface area contributed by atoms with E-state index in [2.05, 4.69) is 55.1 Å². The van der Waals surface area contributed by atoms with Gasteiger partial charge in [0.2, 0.25) is 0 Å². The first kappa shape index (κ1) is 23.5. The lowest BCUT2D eigenvalue weighted by Crippen LogP contribution is -2.25. The second-order valence-corrected chi connectivity index (χ2v) is 8.62. The molecule has 0 aliphatic heterocycles. The van der Waals surface area contributed by atoms with Crippen LogP contribution < -0.4 is 16.4 Å². The highest BCUT2D eigenvalue weighted by Crippen LogP contribution is 2.17. The smallest absolute Gasteiger partial charge is 0.442 e. The largest absolute Gasteiger partial charge is 0.448 e. The Balaban J connectivity index is 3.00. The van der Waals surface area contributed by atoms with Crippen LogP contribution in [-0.2, 0) is 14.5 Å². The van der Waals surface area contributed by atoms with Crippen LogP contribution >= 0.6 is 22.6 Å². The Morgan fingerprint density at radius 3 is 2.64 bits per heavy atom. The number of rotatable bonds is 7. The summed E-state index contributed by atoms with van der Waals surface area (Å²) in [4.78, 5) is 16.1. The molecule has 0 aliphatic carbocycles. The molecule has 1 unspecified atom stereocenters. The van der Waals surface area contributed by atoms with Crippen LogP contribution in [0, 0.1) is 12.3 Å². The van der Waals surface area contributed by atoms with Crippen LogP contribution in [0.3, 0.4) is 0 Å². The number of aliphatic imine (C=N–C) groups is 1. The van der Waals surface area contributed by atoms with Crippen molar-refractivity contribution in [3.63, 3.8) is 0 Å². The first-order valence-electron chi connectivity index (χ1n) is 8.03. The quantitative estimate of drug-likeness (QED) is 0.169. The minimum absolute atomic E-state index is 0.122. The van der Waals surface area contributed by atoms with E-state index in [9.17, 15) is 9.00 Å². The number of nitrogens with zero attached hydrogens (tertiary/aromatic N) is 2. The first-order chi connectivity index (χ1) is 13.2. The molecule has 0 saturated carbocycles. The number of ether oxygens (including phenoxy) is 1. The van der Waals surface area contributed by atoms with Crippen LogP contribution in [-0.4, -0.2) is 35.7 Å². The minimum Gasteiger partial charge on any atom is -0.448 e. The van der Waals surface area contributed by atoms with Gasteiger partial charge in [0.05, 0.1) is 26.5 Å². The van der Waals surface area contributed by atoms with E-state index in [4.69, 9.17) is 16.9 Å². The number of benzene rings is 1. The number of terminal acetylenes is 1. The monoisotopic (exact) mass is 515 g/mol. The van der Waals surface area contributed by atoms with E-state index in [1.807, 2.05) is 0 Å². The molecule has 0 aliphatic rings. The van der Waals surface area contributed by atoms with Crippen molar-refractivity contribution in [2.45, 2.75) is 11.8 Å². The summed E-state index contributed by atoms with van der Waals surface area (Å²) in [7, 11) is -2.91. The van der Waals surface area contributed by atoms with Crippen molar-refractivity contribution in [1.29, 1.82) is 0 Å². The third-order valence-electron chi connectivity index (χ3n) is 3.08. The van der Waals surface area contributed by atoms with Crippen molar-refractivity contribution >= 4 is 50.1 Å². The SMILES string of the molecule is C#CCNC(/N=C(\N)Nc1ccc(S(C)(=O)=NC(=O)OCC)cc1)=C(\I)C=C. The van der Waals surface area contributed by atoms with E-state index in [0.29, 0.717) is 16.4 Å². The standard InChI is InChI=1S/C18H22IN5O3S/c1-5-12-21-16(15(19)6-2)23-17(20)22-13-8-10-14(11-9-13)28(4,26)24-18(25)27-7-3/h1,6,8-11,21H,2,7,12H2,3-4H3,(H3,20,22,23)/b16-15+.